The van der Waals surface area contributed by atoms with Crippen molar-refractivity contribution in [3.8, 4) is 0 Å². The summed E-state index contributed by atoms with van der Waals surface area (Å²) in [4.78, 5) is 2.05. The van der Waals surface area contributed by atoms with Crippen LogP contribution in [0.4, 0.5) is 10.1 Å². The Morgan fingerprint density at radius 3 is 2.46 bits per heavy atom. The molecule has 2 aromatic rings. The number of hydrogen-bond donors (Lipinski definition) is 1. The molecule has 2 aliphatic heterocycles. The Balaban J connectivity index is 1.83. The van der Waals surface area contributed by atoms with Crippen molar-refractivity contribution in [2.45, 2.75) is 31.4 Å². The molecule has 1 N–H and O–H groups in total. The average Bonchev–Trinajstić information content (AvgIpc) is 2.73. The molecule has 0 fully saturated rings. The number of nitrogens with zero attached hydrogens (tertiary/aromatic N) is 2. The lowest BCUT2D eigenvalue weighted by Crippen LogP contribution is -2.47. The number of aliphatic hydroxyl groups is 1. The first-order valence-corrected chi connectivity index (χ1v) is 8.63. The van der Waals surface area contributed by atoms with Gasteiger partial charge in [-0.15, -0.1) is 0 Å². The predicted molar refractivity (Wildman–Crippen MR) is 92.7 cm³/mol. The van der Waals surface area contributed by atoms with Crippen LogP contribution in [0.5, 0.6) is 0 Å². The van der Waals surface area contributed by atoms with E-state index in [0.29, 0.717) is 6.54 Å². The molecule has 0 aromatic heterocycles. The fourth-order valence-corrected chi connectivity index (χ4v) is 3.90. The Hall–Kier alpha value is -2.20. The van der Waals surface area contributed by atoms with Crippen molar-refractivity contribution in [3.63, 3.8) is 0 Å². The molecule has 4 heteroatoms. The van der Waals surface area contributed by atoms with Crippen LogP contribution in [0.2, 0.25) is 0 Å². The summed E-state index contributed by atoms with van der Waals surface area (Å²) in [6.45, 7) is 1.48. The van der Waals surface area contributed by atoms with E-state index >= 15 is 0 Å². The van der Waals surface area contributed by atoms with Gasteiger partial charge in [-0.25, -0.2) is 4.39 Å². The second kappa shape index (κ2) is 6.02. The van der Waals surface area contributed by atoms with E-state index in [0.717, 1.165) is 37.1 Å². The molecule has 3 nitrogen and oxygen atoms in total. The van der Waals surface area contributed by atoms with E-state index in [2.05, 4.69) is 4.58 Å². The quantitative estimate of drug-likeness (QED) is 0.856. The molecule has 0 bridgehead atoms. The van der Waals surface area contributed by atoms with Gasteiger partial charge < -0.3 is 5.11 Å². The van der Waals surface area contributed by atoms with Gasteiger partial charge in [-0.3, -0.25) is 4.58 Å². The van der Waals surface area contributed by atoms with Crippen LogP contribution in [-0.4, -0.2) is 28.6 Å². The van der Waals surface area contributed by atoms with Gasteiger partial charge in [0.05, 0.1) is 6.54 Å². The Bertz CT molecular complexity index is 757. The molecule has 4 rings (SSSR count). The smallest absolute Gasteiger partial charge is 0.275 e. The summed E-state index contributed by atoms with van der Waals surface area (Å²) in [5.74, 6) is 0.888. The van der Waals surface area contributed by atoms with Crippen molar-refractivity contribution >= 4 is 11.5 Å². The van der Waals surface area contributed by atoms with Crippen LogP contribution in [0, 0.1) is 5.82 Å². The monoisotopic (exact) mass is 325 g/mol. The lowest BCUT2D eigenvalue weighted by molar-refractivity contribution is -0.534. The second-order valence-electron chi connectivity index (χ2n) is 6.64. The molecule has 0 saturated carbocycles. The maximum Gasteiger partial charge on any atom is 0.275 e. The van der Waals surface area contributed by atoms with Crippen LogP contribution in [0.25, 0.3) is 0 Å². The molecule has 0 saturated heterocycles. The Kier molecular flexibility index (Phi) is 3.85. The first kappa shape index (κ1) is 15.3. The van der Waals surface area contributed by atoms with Crippen molar-refractivity contribution in [1.82, 2.24) is 0 Å². The second-order valence-corrected chi connectivity index (χ2v) is 6.64. The number of halogens is 1. The maximum atomic E-state index is 13.4. The molecular formula is C20H22FN2O+. The van der Waals surface area contributed by atoms with E-state index in [-0.39, 0.29) is 5.82 Å². The van der Waals surface area contributed by atoms with Gasteiger partial charge in [0, 0.05) is 12.0 Å². The molecule has 24 heavy (non-hydrogen) atoms. The minimum absolute atomic E-state index is 0.284. The SMILES string of the molecule is O[C@@]1(c2ccc(F)cc2)C[N+]2=C(CCCCC2)N1c1ccccc1. The minimum Gasteiger partial charge on any atom is -0.346 e. The van der Waals surface area contributed by atoms with Crippen molar-refractivity contribution < 1.29 is 14.1 Å². The standard InChI is InChI=1S/C20H22FN2O/c21-17-12-10-16(11-13-17)20(24)15-22-14-6-2-5-9-19(22)23(20)18-7-3-1-4-8-18/h1,3-4,7-8,10-13,24H,2,5-6,9,14-15H2/q+1/t20-/m1/s1. The van der Waals surface area contributed by atoms with Crippen molar-refractivity contribution in [3.05, 3.63) is 66.0 Å². The molecule has 0 unspecified atom stereocenters. The summed E-state index contributed by atoms with van der Waals surface area (Å²) in [7, 11) is 0. The third-order valence-corrected chi connectivity index (χ3v) is 5.05. The minimum atomic E-state index is -1.16. The van der Waals surface area contributed by atoms with E-state index in [1.54, 1.807) is 12.1 Å². The van der Waals surface area contributed by atoms with E-state index in [4.69, 9.17) is 0 Å². The highest BCUT2D eigenvalue weighted by atomic mass is 19.1. The third-order valence-electron chi connectivity index (χ3n) is 5.05. The van der Waals surface area contributed by atoms with Gasteiger partial charge >= 0.3 is 0 Å². The highest BCUT2D eigenvalue weighted by Gasteiger charge is 2.53. The van der Waals surface area contributed by atoms with E-state index in [1.807, 2.05) is 35.2 Å². The molecule has 0 aliphatic carbocycles. The maximum absolute atomic E-state index is 13.4. The Morgan fingerprint density at radius 1 is 0.958 bits per heavy atom. The Morgan fingerprint density at radius 2 is 1.71 bits per heavy atom. The molecule has 2 aliphatic rings. The molecule has 0 radical (unpaired) electrons. The number of hydrogen-bond acceptors (Lipinski definition) is 2. The summed E-state index contributed by atoms with van der Waals surface area (Å²) in [5.41, 5.74) is 0.541. The van der Waals surface area contributed by atoms with Crippen molar-refractivity contribution in [2.75, 3.05) is 18.0 Å². The van der Waals surface area contributed by atoms with E-state index in [1.165, 1.54) is 24.4 Å². The normalized spacial score (nSPS) is 24.0. The van der Waals surface area contributed by atoms with E-state index in [9.17, 15) is 9.50 Å². The lowest BCUT2D eigenvalue weighted by atomic mass is 10.00. The summed E-state index contributed by atoms with van der Waals surface area (Å²) >= 11 is 0. The number of amidine groups is 1. The molecule has 0 spiro atoms. The van der Waals surface area contributed by atoms with Crippen molar-refractivity contribution in [2.24, 2.45) is 0 Å². The van der Waals surface area contributed by atoms with Crippen LogP contribution in [-0.2, 0) is 5.72 Å². The summed E-state index contributed by atoms with van der Waals surface area (Å²) < 4.78 is 15.7. The van der Waals surface area contributed by atoms with Gasteiger partial charge in [0.2, 0.25) is 0 Å². The largest absolute Gasteiger partial charge is 0.346 e. The Labute approximate surface area is 141 Å². The number of anilines is 1. The molecular weight excluding hydrogens is 303 g/mol. The van der Waals surface area contributed by atoms with Gasteiger partial charge in [0.15, 0.2) is 6.54 Å². The average molecular weight is 325 g/mol. The fraction of sp³-hybridized carbons (Fsp3) is 0.350. The summed E-state index contributed by atoms with van der Waals surface area (Å²) in [6, 6.07) is 16.2. The lowest BCUT2D eigenvalue weighted by Gasteiger charge is -2.29. The molecule has 124 valence electrons. The molecule has 1 atom stereocenters. The number of para-hydroxylation sites is 1. The topological polar surface area (TPSA) is 26.5 Å². The first-order valence-electron chi connectivity index (χ1n) is 8.63. The van der Waals surface area contributed by atoms with Gasteiger partial charge in [0.1, 0.15) is 11.5 Å². The van der Waals surface area contributed by atoms with Gasteiger partial charge in [0.25, 0.3) is 11.6 Å². The number of benzene rings is 2. The molecule has 2 heterocycles. The first-order chi connectivity index (χ1) is 11.7. The van der Waals surface area contributed by atoms with Crippen LogP contribution in [0.1, 0.15) is 31.2 Å². The van der Waals surface area contributed by atoms with E-state index < -0.39 is 5.72 Å². The predicted octanol–water partition coefficient (Wildman–Crippen LogP) is 3.48. The summed E-state index contributed by atoms with van der Waals surface area (Å²) in [5, 5.41) is 11.6. The van der Waals surface area contributed by atoms with Gasteiger partial charge in [-0.2, -0.15) is 4.90 Å². The van der Waals surface area contributed by atoms with Crippen LogP contribution in [0.3, 0.4) is 0 Å². The zero-order valence-electron chi connectivity index (χ0n) is 13.7. The molecule has 0 amide bonds. The molecule has 2 aromatic carbocycles. The highest BCUT2D eigenvalue weighted by Crippen LogP contribution is 2.37. The van der Waals surface area contributed by atoms with Gasteiger partial charge in [-0.05, 0) is 55.7 Å². The van der Waals surface area contributed by atoms with Gasteiger partial charge in [-0.1, -0.05) is 18.2 Å². The van der Waals surface area contributed by atoms with Crippen LogP contribution < -0.4 is 4.90 Å². The fourth-order valence-electron chi connectivity index (χ4n) is 3.90. The zero-order valence-corrected chi connectivity index (χ0v) is 13.7. The van der Waals surface area contributed by atoms with Crippen LogP contribution >= 0.6 is 0 Å². The number of rotatable bonds is 2. The van der Waals surface area contributed by atoms with Crippen molar-refractivity contribution in [1.29, 1.82) is 0 Å². The zero-order chi connectivity index (χ0) is 16.6. The summed E-state index contributed by atoms with van der Waals surface area (Å²) in [6.07, 6.45) is 4.45. The third kappa shape index (κ3) is 2.51. The van der Waals surface area contributed by atoms with Crippen LogP contribution in [0.15, 0.2) is 54.6 Å². The highest BCUT2D eigenvalue weighted by molar-refractivity contribution is 5.97.